The molecule has 0 aliphatic rings. The molecular formula is C31H26N4O3. The zero-order valence-electron chi connectivity index (χ0n) is 20.8. The van der Waals surface area contributed by atoms with Gasteiger partial charge in [-0.15, -0.1) is 0 Å². The van der Waals surface area contributed by atoms with Crippen LogP contribution >= 0.6 is 0 Å². The summed E-state index contributed by atoms with van der Waals surface area (Å²) in [6.07, 6.45) is 6.40. The molecule has 2 aromatic carbocycles. The summed E-state index contributed by atoms with van der Waals surface area (Å²) in [5.41, 5.74) is 3.75. The van der Waals surface area contributed by atoms with Gasteiger partial charge in [0.2, 0.25) is 5.91 Å². The van der Waals surface area contributed by atoms with Crippen LogP contribution in [0.15, 0.2) is 126 Å². The monoisotopic (exact) mass is 502 g/mol. The number of carbonyl (C=O) groups excluding carboxylic acids is 2. The van der Waals surface area contributed by atoms with Gasteiger partial charge in [0.1, 0.15) is 6.04 Å². The molecule has 0 fully saturated rings. The molecule has 7 nitrogen and oxygen atoms in total. The third-order valence-corrected chi connectivity index (χ3v) is 6.22. The van der Waals surface area contributed by atoms with Gasteiger partial charge in [0.15, 0.2) is 5.76 Å². The topological polar surface area (TPSA) is 88.3 Å². The van der Waals surface area contributed by atoms with Crippen molar-refractivity contribution in [2.75, 3.05) is 4.90 Å². The Hall–Kier alpha value is -5.04. The molecular weight excluding hydrogens is 476 g/mol. The maximum Gasteiger partial charge on any atom is 0.294 e. The second-order valence-corrected chi connectivity index (χ2v) is 8.74. The lowest BCUT2D eigenvalue weighted by Gasteiger charge is -2.31. The summed E-state index contributed by atoms with van der Waals surface area (Å²) in [4.78, 5) is 37.9. The second-order valence-electron chi connectivity index (χ2n) is 8.74. The van der Waals surface area contributed by atoms with Gasteiger partial charge in [0.25, 0.3) is 5.91 Å². The van der Waals surface area contributed by atoms with E-state index >= 15 is 0 Å². The first-order valence-corrected chi connectivity index (χ1v) is 12.3. The van der Waals surface area contributed by atoms with Crippen LogP contribution in [0.5, 0.6) is 0 Å². The van der Waals surface area contributed by atoms with Crippen LogP contribution < -0.4 is 10.2 Å². The Balaban J connectivity index is 1.56. The van der Waals surface area contributed by atoms with Crippen LogP contribution in [0.25, 0.3) is 11.3 Å². The SMILES string of the molecule is C[C@H](NC(=O)C(c1cccnc1)N(C(=O)c1ccco1)c1ccc(-c2ccccn2)cc1)c1ccccc1. The smallest absolute Gasteiger partial charge is 0.294 e. The molecule has 3 heterocycles. The molecule has 3 aromatic heterocycles. The summed E-state index contributed by atoms with van der Waals surface area (Å²) in [5.74, 6) is -0.670. The second kappa shape index (κ2) is 11.3. The molecule has 1 N–H and O–H groups in total. The van der Waals surface area contributed by atoms with Crippen LogP contribution in [0.3, 0.4) is 0 Å². The van der Waals surface area contributed by atoms with E-state index in [1.54, 1.807) is 42.9 Å². The minimum atomic E-state index is -1.01. The zero-order valence-corrected chi connectivity index (χ0v) is 20.8. The van der Waals surface area contributed by atoms with Crippen LogP contribution in [0, 0.1) is 0 Å². The average molecular weight is 503 g/mol. The van der Waals surface area contributed by atoms with Crippen LogP contribution in [0.2, 0.25) is 0 Å². The van der Waals surface area contributed by atoms with Crippen LogP contribution in [0.1, 0.15) is 40.7 Å². The Morgan fingerprint density at radius 3 is 2.24 bits per heavy atom. The van der Waals surface area contributed by atoms with E-state index in [-0.39, 0.29) is 17.7 Å². The van der Waals surface area contributed by atoms with E-state index in [0.29, 0.717) is 11.3 Å². The van der Waals surface area contributed by atoms with Gasteiger partial charge in [-0.25, -0.2) is 0 Å². The van der Waals surface area contributed by atoms with Gasteiger partial charge in [-0.1, -0.05) is 54.6 Å². The number of carbonyl (C=O) groups is 2. The minimum Gasteiger partial charge on any atom is -0.459 e. The molecule has 188 valence electrons. The van der Waals surface area contributed by atoms with E-state index in [0.717, 1.165) is 16.8 Å². The minimum absolute atomic E-state index is 0.122. The number of hydrogen-bond acceptors (Lipinski definition) is 5. The van der Waals surface area contributed by atoms with Gasteiger partial charge in [-0.05, 0) is 55.0 Å². The Morgan fingerprint density at radius 1 is 0.816 bits per heavy atom. The fourth-order valence-corrected chi connectivity index (χ4v) is 4.30. The zero-order chi connectivity index (χ0) is 26.3. The molecule has 0 spiro atoms. The molecule has 0 saturated carbocycles. The predicted molar refractivity (Wildman–Crippen MR) is 145 cm³/mol. The fourth-order valence-electron chi connectivity index (χ4n) is 4.30. The number of aromatic nitrogens is 2. The molecule has 1 unspecified atom stereocenters. The molecule has 0 bridgehead atoms. The van der Waals surface area contributed by atoms with E-state index in [9.17, 15) is 9.59 Å². The first-order chi connectivity index (χ1) is 18.6. The van der Waals surface area contributed by atoms with E-state index < -0.39 is 11.9 Å². The highest BCUT2D eigenvalue weighted by Gasteiger charge is 2.35. The van der Waals surface area contributed by atoms with Crippen molar-refractivity contribution in [2.24, 2.45) is 0 Å². The number of amides is 2. The normalized spacial score (nSPS) is 12.3. The fraction of sp³-hybridized carbons (Fsp3) is 0.0968. The summed E-state index contributed by atoms with van der Waals surface area (Å²) in [5, 5.41) is 3.08. The Kier molecular flexibility index (Phi) is 7.36. The van der Waals surface area contributed by atoms with E-state index in [4.69, 9.17) is 4.42 Å². The highest BCUT2D eigenvalue weighted by molar-refractivity contribution is 6.08. The van der Waals surface area contributed by atoms with Crippen molar-refractivity contribution in [1.29, 1.82) is 0 Å². The van der Waals surface area contributed by atoms with Crippen molar-refractivity contribution in [3.05, 3.63) is 139 Å². The van der Waals surface area contributed by atoms with Gasteiger partial charge in [0, 0.05) is 35.4 Å². The number of benzene rings is 2. The lowest BCUT2D eigenvalue weighted by atomic mass is 10.0. The maximum atomic E-state index is 13.9. The number of nitrogens with zero attached hydrogens (tertiary/aromatic N) is 3. The van der Waals surface area contributed by atoms with Crippen LogP contribution in [-0.2, 0) is 4.79 Å². The summed E-state index contributed by atoms with van der Waals surface area (Å²) in [6.45, 7) is 1.91. The van der Waals surface area contributed by atoms with Crippen molar-refractivity contribution in [2.45, 2.75) is 19.0 Å². The van der Waals surface area contributed by atoms with Crippen molar-refractivity contribution >= 4 is 17.5 Å². The molecule has 0 aliphatic heterocycles. The summed E-state index contributed by atoms with van der Waals surface area (Å²) >= 11 is 0. The van der Waals surface area contributed by atoms with Crippen molar-refractivity contribution in [1.82, 2.24) is 15.3 Å². The largest absolute Gasteiger partial charge is 0.459 e. The van der Waals surface area contributed by atoms with Crippen molar-refractivity contribution < 1.29 is 14.0 Å². The lowest BCUT2D eigenvalue weighted by molar-refractivity contribution is -0.123. The number of furan rings is 1. The highest BCUT2D eigenvalue weighted by atomic mass is 16.3. The van der Waals surface area contributed by atoms with Gasteiger partial charge in [-0.2, -0.15) is 0 Å². The van der Waals surface area contributed by atoms with Crippen LogP contribution in [0.4, 0.5) is 5.69 Å². The third kappa shape index (κ3) is 5.37. The lowest BCUT2D eigenvalue weighted by Crippen LogP contribution is -2.44. The molecule has 0 radical (unpaired) electrons. The molecule has 2 atom stereocenters. The molecule has 7 heteroatoms. The summed E-state index contributed by atoms with van der Waals surface area (Å²) in [7, 11) is 0. The molecule has 0 aliphatic carbocycles. The average Bonchev–Trinajstić information content (AvgIpc) is 3.52. The van der Waals surface area contributed by atoms with E-state index in [1.807, 2.05) is 79.7 Å². The molecule has 5 rings (SSSR count). The summed E-state index contributed by atoms with van der Waals surface area (Å²) in [6, 6.07) is 28.2. The Morgan fingerprint density at radius 2 is 1.58 bits per heavy atom. The van der Waals surface area contributed by atoms with E-state index in [1.165, 1.54) is 11.2 Å². The predicted octanol–water partition coefficient (Wildman–Crippen LogP) is 6.00. The third-order valence-electron chi connectivity index (χ3n) is 6.22. The first-order valence-electron chi connectivity index (χ1n) is 12.3. The number of anilines is 1. The highest BCUT2D eigenvalue weighted by Crippen LogP contribution is 2.32. The Labute approximate surface area is 220 Å². The number of rotatable bonds is 8. The number of hydrogen-bond donors (Lipinski definition) is 1. The van der Waals surface area contributed by atoms with Gasteiger partial charge >= 0.3 is 0 Å². The maximum absolute atomic E-state index is 13.9. The van der Waals surface area contributed by atoms with Crippen molar-refractivity contribution in [3.63, 3.8) is 0 Å². The number of pyridine rings is 2. The Bertz CT molecular complexity index is 1470. The first kappa shape index (κ1) is 24.6. The quantitative estimate of drug-likeness (QED) is 0.281. The van der Waals surface area contributed by atoms with E-state index in [2.05, 4.69) is 15.3 Å². The molecule has 5 aromatic rings. The molecule has 0 saturated heterocycles. The molecule has 38 heavy (non-hydrogen) atoms. The van der Waals surface area contributed by atoms with Crippen LogP contribution in [-0.4, -0.2) is 21.8 Å². The number of nitrogens with one attached hydrogen (secondary N) is 1. The summed E-state index contributed by atoms with van der Waals surface area (Å²) < 4.78 is 5.46. The van der Waals surface area contributed by atoms with Gasteiger partial charge in [0.05, 0.1) is 18.0 Å². The standard InChI is InChI=1S/C31H26N4O3/c1-22(23-9-3-2-4-10-23)34-30(36)29(25-11-7-18-32-21-25)35(31(37)28-13-8-20-38-28)26-16-14-24(15-17-26)27-12-5-6-19-33-27/h2-22,29H,1H3,(H,34,36)/t22-,29?/m0/s1. The van der Waals surface area contributed by atoms with Crippen molar-refractivity contribution in [3.8, 4) is 11.3 Å². The van der Waals surface area contributed by atoms with Gasteiger partial charge in [-0.3, -0.25) is 24.5 Å². The molecule has 2 amide bonds. The van der Waals surface area contributed by atoms with Gasteiger partial charge < -0.3 is 9.73 Å².